The molecule has 4 heteroatoms. The first kappa shape index (κ1) is 12.2. The SMILES string of the molecule is COc1ccc2ccc(O[C@H](C)C(N)=O)cc2c1. The van der Waals surface area contributed by atoms with E-state index >= 15 is 0 Å². The van der Waals surface area contributed by atoms with Gasteiger partial charge in [-0.3, -0.25) is 4.79 Å². The third kappa shape index (κ3) is 2.53. The summed E-state index contributed by atoms with van der Waals surface area (Å²) in [6, 6.07) is 11.4. The topological polar surface area (TPSA) is 61.6 Å². The number of ether oxygens (including phenoxy) is 2. The highest BCUT2D eigenvalue weighted by molar-refractivity contribution is 5.85. The van der Waals surface area contributed by atoms with Gasteiger partial charge < -0.3 is 15.2 Å². The molecular weight excluding hydrogens is 230 g/mol. The number of benzene rings is 2. The minimum atomic E-state index is -0.645. The molecule has 0 saturated carbocycles. The van der Waals surface area contributed by atoms with E-state index in [1.807, 2.05) is 36.4 Å². The Morgan fingerprint density at radius 1 is 1.11 bits per heavy atom. The van der Waals surface area contributed by atoms with Crippen LogP contribution in [-0.4, -0.2) is 19.1 Å². The number of methoxy groups -OCH3 is 1. The van der Waals surface area contributed by atoms with Crippen molar-refractivity contribution < 1.29 is 14.3 Å². The quantitative estimate of drug-likeness (QED) is 0.897. The Hall–Kier alpha value is -2.23. The van der Waals surface area contributed by atoms with Crippen LogP contribution in [0.5, 0.6) is 11.5 Å². The molecule has 1 atom stereocenters. The summed E-state index contributed by atoms with van der Waals surface area (Å²) in [6.45, 7) is 1.62. The van der Waals surface area contributed by atoms with Gasteiger partial charge in [0, 0.05) is 0 Å². The van der Waals surface area contributed by atoms with E-state index < -0.39 is 12.0 Å². The molecule has 2 aromatic carbocycles. The molecule has 4 nitrogen and oxygen atoms in total. The van der Waals surface area contributed by atoms with Crippen molar-refractivity contribution in [2.24, 2.45) is 5.73 Å². The Kier molecular flexibility index (Phi) is 3.37. The summed E-state index contributed by atoms with van der Waals surface area (Å²) >= 11 is 0. The second-order valence-corrected chi connectivity index (χ2v) is 4.04. The van der Waals surface area contributed by atoms with Crippen LogP contribution in [0.25, 0.3) is 10.8 Å². The molecule has 0 spiro atoms. The molecular formula is C14H15NO3. The van der Waals surface area contributed by atoms with Gasteiger partial charge in [-0.15, -0.1) is 0 Å². The number of amides is 1. The lowest BCUT2D eigenvalue weighted by atomic mass is 10.1. The molecule has 0 aromatic heterocycles. The lowest BCUT2D eigenvalue weighted by Gasteiger charge is -2.12. The smallest absolute Gasteiger partial charge is 0.258 e. The van der Waals surface area contributed by atoms with Crippen LogP contribution in [0.4, 0.5) is 0 Å². The molecule has 0 radical (unpaired) electrons. The zero-order valence-corrected chi connectivity index (χ0v) is 10.3. The average Bonchev–Trinajstić information content (AvgIpc) is 2.37. The number of carbonyl (C=O) groups is 1. The van der Waals surface area contributed by atoms with Crippen molar-refractivity contribution in [2.45, 2.75) is 13.0 Å². The molecule has 0 fully saturated rings. The van der Waals surface area contributed by atoms with Gasteiger partial charge in [0.25, 0.3) is 5.91 Å². The van der Waals surface area contributed by atoms with Crippen molar-refractivity contribution >= 4 is 16.7 Å². The number of carbonyl (C=O) groups excluding carboxylic acids is 1. The van der Waals surface area contributed by atoms with E-state index in [9.17, 15) is 4.79 Å². The number of nitrogens with two attached hydrogens (primary N) is 1. The third-order valence-electron chi connectivity index (χ3n) is 2.73. The van der Waals surface area contributed by atoms with Crippen LogP contribution in [-0.2, 0) is 4.79 Å². The summed E-state index contributed by atoms with van der Waals surface area (Å²) in [5.74, 6) is 0.908. The van der Waals surface area contributed by atoms with Crippen LogP contribution in [0.3, 0.4) is 0 Å². The predicted octanol–water partition coefficient (Wildman–Crippen LogP) is 2.10. The van der Waals surface area contributed by atoms with Gasteiger partial charge in [-0.2, -0.15) is 0 Å². The molecule has 0 aliphatic heterocycles. The molecule has 0 bridgehead atoms. The zero-order chi connectivity index (χ0) is 13.1. The summed E-state index contributed by atoms with van der Waals surface area (Å²) in [5.41, 5.74) is 5.16. The standard InChI is InChI=1S/C14H15NO3/c1-9(14(15)16)18-13-6-4-10-3-5-12(17-2)7-11(10)8-13/h3-9H,1-2H3,(H2,15,16)/t9-/m1/s1. The minimum Gasteiger partial charge on any atom is -0.497 e. The van der Waals surface area contributed by atoms with Crippen LogP contribution in [0, 0.1) is 0 Å². The highest BCUT2D eigenvalue weighted by Crippen LogP contribution is 2.25. The highest BCUT2D eigenvalue weighted by atomic mass is 16.5. The first-order valence-electron chi connectivity index (χ1n) is 5.64. The lowest BCUT2D eigenvalue weighted by molar-refractivity contribution is -0.123. The van der Waals surface area contributed by atoms with E-state index in [0.29, 0.717) is 5.75 Å². The number of hydrogen-bond donors (Lipinski definition) is 1. The van der Waals surface area contributed by atoms with E-state index in [4.69, 9.17) is 15.2 Å². The second-order valence-electron chi connectivity index (χ2n) is 4.04. The molecule has 2 aromatic rings. The van der Waals surface area contributed by atoms with Crippen LogP contribution in [0.1, 0.15) is 6.92 Å². The molecule has 1 amide bonds. The second kappa shape index (κ2) is 4.96. The van der Waals surface area contributed by atoms with Crippen LogP contribution in [0.2, 0.25) is 0 Å². The Morgan fingerprint density at radius 2 is 1.72 bits per heavy atom. The van der Waals surface area contributed by atoms with Crippen LogP contribution >= 0.6 is 0 Å². The summed E-state index contributed by atoms with van der Waals surface area (Å²) in [5, 5.41) is 2.07. The minimum absolute atomic E-state index is 0.485. The summed E-state index contributed by atoms with van der Waals surface area (Å²) in [7, 11) is 1.62. The fraction of sp³-hybridized carbons (Fsp3) is 0.214. The molecule has 0 unspecified atom stereocenters. The molecule has 0 saturated heterocycles. The molecule has 2 N–H and O–H groups in total. The largest absolute Gasteiger partial charge is 0.497 e. The fourth-order valence-electron chi connectivity index (χ4n) is 1.67. The Bertz CT molecular complexity index is 580. The van der Waals surface area contributed by atoms with Gasteiger partial charge in [0.05, 0.1) is 7.11 Å². The first-order valence-corrected chi connectivity index (χ1v) is 5.64. The monoisotopic (exact) mass is 245 g/mol. The summed E-state index contributed by atoms with van der Waals surface area (Å²) < 4.78 is 10.6. The van der Waals surface area contributed by atoms with Gasteiger partial charge in [-0.05, 0) is 42.0 Å². The highest BCUT2D eigenvalue weighted by Gasteiger charge is 2.10. The van der Waals surface area contributed by atoms with E-state index in [1.165, 1.54) is 0 Å². The first-order chi connectivity index (χ1) is 8.60. The van der Waals surface area contributed by atoms with Gasteiger partial charge in [0.15, 0.2) is 6.10 Å². The van der Waals surface area contributed by atoms with Crippen molar-refractivity contribution in [3.63, 3.8) is 0 Å². The van der Waals surface area contributed by atoms with Crippen molar-refractivity contribution in [1.29, 1.82) is 0 Å². The van der Waals surface area contributed by atoms with Gasteiger partial charge in [0.1, 0.15) is 11.5 Å². The Labute approximate surface area is 105 Å². The van der Waals surface area contributed by atoms with Crippen molar-refractivity contribution in [3.05, 3.63) is 36.4 Å². The van der Waals surface area contributed by atoms with Crippen molar-refractivity contribution in [3.8, 4) is 11.5 Å². The van der Waals surface area contributed by atoms with E-state index in [0.717, 1.165) is 16.5 Å². The van der Waals surface area contributed by atoms with Gasteiger partial charge in [0.2, 0.25) is 0 Å². The molecule has 18 heavy (non-hydrogen) atoms. The fourth-order valence-corrected chi connectivity index (χ4v) is 1.67. The third-order valence-corrected chi connectivity index (χ3v) is 2.73. The Balaban J connectivity index is 2.33. The van der Waals surface area contributed by atoms with E-state index in [1.54, 1.807) is 14.0 Å². The maximum Gasteiger partial charge on any atom is 0.258 e. The summed E-state index contributed by atoms with van der Waals surface area (Å²) in [4.78, 5) is 10.9. The summed E-state index contributed by atoms with van der Waals surface area (Å²) in [6.07, 6.45) is -0.645. The van der Waals surface area contributed by atoms with Crippen LogP contribution in [0.15, 0.2) is 36.4 Å². The maximum absolute atomic E-state index is 10.9. The van der Waals surface area contributed by atoms with Gasteiger partial charge >= 0.3 is 0 Å². The van der Waals surface area contributed by atoms with Crippen molar-refractivity contribution in [1.82, 2.24) is 0 Å². The molecule has 0 aliphatic carbocycles. The number of hydrogen-bond acceptors (Lipinski definition) is 3. The maximum atomic E-state index is 10.9. The number of rotatable bonds is 4. The molecule has 0 aliphatic rings. The van der Waals surface area contributed by atoms with Gasteiger partial charge in [-0.25, -0.2) is 0 Å². The Morgan fingerprint density at radius 3 is 2.33 bits per heavy atom. The lowest BCUT2D eigenvalue weighted by Crippen LogP contribution is -2.30. The van der Waals surface area contributed by atoms with E-state index in [-0.39, 0.29) is 0 Å². The zero-order valence-electron chi connectivity index (χ0n) is 10.3. The van der Waals surface area contributed by atoms with Crippen LogP contribution < -0.4 is 15.2 Å². The molecule has 0 heterocycles. The number of fused-ring (bicyclic) bond motifs is 1. The van der Waals surface area contributed by atoms with E-state index in [2.05, 4.69) is 0 Å². The average molecular weight is 245 g/mol. The molecule has 2 rings (SSSR count). The predicted molar refractivity (Wildman–Crippen MR) is 69.8 cm³/mol. The van der Waals surface area contributed by atoms with Crippen molar-refractivity contribution in [2.75, 3.05) is 7.11 Å². The normalized spacial score (nSPS) is 12.1. The number of primary amides is 1. The van der Waals surface area contributed by atoms with Gasteiger partial charge in [-0.1, -0.05) is 12.1 Å². The molecule has 94 valence electrons.